The summed E-state index contributed by atoms with van der Waals surface area (Å²) in [7, 11) is 0. The zero-order chi connectivity index (χ0) is 15.8. The fourth-order valence-corrected chi connectivity index (χ4v) is 1.91. The summed E-state index contributed by atoms with van der Waals surface area (Å²) in [5.41, 5.74) is 1.26. The van der Waals surface area contributed by atoms with Gasteiger partial charge in [-0.05, 0) is 18.6 Å². The van der Waals surface area contributed by atoms with E-state index in [0.29, 0.717) is 19.0 Å². The summed E-state index contributed by atoms with van der Waals surface area (Å²) in [6.45, 7) is 2.41. The summed E-state index contributed by atoms with van der Waals surface area (Å²) in [5, 5.41) is 0. The third-order valence-electron chi connectivity index (χ3n) is 2.96. The highest BCUT2D eigenvalue weighted by Crippen LogP contribution is 2.17. The van der Waals surface area contributed by atoms with Crippen molar-refractivity contribution in [1.29, 1.82) is 0 Å². The molecule has 1 aromatic rings. The highest BCUT2D eigenvalue weighted by atomic mass is 16.5. The number of esters is 1. The Morgan fingerprint density at radius 3 is 2.73 bits per heavy atom. The summed E-state index contributed by atoms with van der Waals surface area (Å²) in [5.74, 6) is 1.95. The number of rotatable bonds is 6. The van der Waals surface area contributed by atoms with E-state index < -0.39 is 5.97 Å². The molecule has 0 unspecified atom stereocenters. The number of allylic oxidation sites excluding steroid dienone is 2. The molecular formula is C17H17NO4. The quantitative estimate of drug-likeness (QED) is 0.595. The maximum Gasteiger partial charge on any atom is 0.325 e. The maximum atomic E-state index is 11.5. The summed E-state index contributed by atoms with van der Waals surface area (Å²) in [6.07, 6.45) is 4.86. The van der Waals surface area contributed by atoms with E-state index in [-0.39, 0.29) is 12.2 Å². The van der Waals surface area contributed by atoms with Gasteiger partial charge in [-0.2, -0.15) is 0 Å². The molecule has 0 saturated carbocycles. The van der Waals surface area contributed by atoms with Crippen LogP contribution >= 0.6 is 0 Å². The van der Waals surface area contributed by atoms with Gasteiger partial charge in [-0.25, -0.2) is 4.79 Å². The van der Waals surface area contributed by atoms with Gasteiger partial charge >= 0.3 is 5.97 Å². The molecule has 1 aliphatic heterocycles. The van der Waals surface area contributed by atoms with Gasteiger partial charge < -0.3 is 14.4 Å². The van der Waals surface area contributed by atoms with Crippen molar-refractivity contribution in [2.75, 3.05) is 13.2 Å². The van der Waals surface area contributed by atoms with Gasteiger partial charge in [0.05, 0.1) is 6.61 Å². The first-order valence-corrected chi connectivity index (χ1v) is 6.97. The lowest BCUT2D eigenvalue weighted by atomic mass is 10.2. The number of hydrogen-bond donors (Lipinski definition) is 0. The van der Waals surface area contributed by atoms with Gasteiger partial charge in [-0.1, -0.05) is 30.3 Å². The highest BCUT2D eigenvalue weighted by Gasteiger charge is 2.16. The molecule has 5 nitrogen and oxygen atoms in total. The number of ether oxygens (including phenoxy) is 2. The van der Waals surface area contributed by atoms with E-state index in [1.165, 1.54) is 4.90 Å². The van der Waals surface area contributed by atoms with Crippen LogP contribution in [0.4, 0.5) is 0 Å². The predicted molar refractivity (Wildman–Crippen MR) is 81.0 cm³/mol. The van der Waals surface area contributed by atoms with Crippen LogP contribution in [-0.2, 0) is 25.7 Å². The largest absolute Gasteiger partial charge is 0.489 e. The van der Waals surface area contributed by atoms with Gasteiger partial charge in [0.25, 0.3) is 0 Å². The summed E-state index contributed by atoms with van der Waals surface area (Å²) in [4.78, 5) is 24.0. The van der Waals surface area contributed by atoms with Gasteiger partial charge in [-0.3, -0.25) is 4.79 Å². The molecule has 0 bridgehead atoms. The monoisotopic (exact) mass is 299 g/mol. The van der Waals surface area contributed by atoms with E-state index in [1.54, 1.807) is 31.2 Å². The van der Waals surface area contributed by atoms with Crippen LogP contribution in [0.25, 0.3) is 0 Å². The van der Waals surface area contributed by atoms with Gasteiger partial charge in [0.2, 0.25) is 0 Å². The predicted octanol–water partition coefficient (Wildman–Crippen LogP) is 2.20. The molecule has 0 aromatic heterocycles. The Bertz CT molecular complexity index is 627. The van der Waals surface area contributed by atoms with Crippen LogP contribution in [-0.4, -0.2) is 30.0 Å². The minimum Gasteiger partial charge on any atom is -0.489 e. The molecule has 0 amide bonds. The van der Waals surface area contributed by atoms with E-state index in [1.807, 2.05) is 30.3 Å². The lowest BCUT2D eigenvalue weighted by molar-refractivity contribution is -0.143. The molecule has 1 aliphatic rings. The lowest BCUT2D eigenvalue weighted by Crippen LogP contribution is -2.27. The van der Waals surface area contributed by atoms with Crippen molar-refractivity contribution >= 4 is 11.9 Å². The van der Waals surface area contributed by atoms with Crippen LogP contribution in [0.15, 0.2) is 60.1 Å². The molecule has 0 atom stereocenters. The molecule has 0 spiro atoms. The van der Waals surface area contributed by atoms with Gasteiger partial charge in [0, 0.05) is 12.3 Å². The van der Waals surface area contributed by atoms with Crippen molar-refractivity contribution in [3.05, 3.63) is 65.7 Å². The summed E-state index contributed by atoms with van der Waals surface area (Å²) < 4.78 is 10.5. The average molecular weight is 299 g/mol. The Morgan fingerprint density at radius 2 is 2.05 bits per heavy atom. The van der Waals surface area contributed by atoms with E-state index in [4.69, 9.17) is 9.47 Å². The van der Waals surface area contributed by atoms with E-state index >= 15 is 0 Å². The molecule has 22 heavy (non-hydrogen) atoms. The van der Waals surface area contributed by atoms with Crippen LogP contribution in [0.5, 0.6) is 0 Å². The van der Waals surface area contributed by atoms with Crippen LogP contribution < -0.4 is 0 Å². The molecule has 1 aromatic carbocycles. The second-order valence-electron chi connectivity index (χ2n) is 4.56. The number of carbonyl (C=O) groups is 1. The first-order valence-electron chi connectivity index (χ1n) is 6.97. The molecule has 114 valence electrons. The number of hydrogen-bond acceptors (Lipinski definition) is 5. The maximum absolute atomic E-state index is 11.5. The van der Waals surface area contributed by atoms with Gasteiger partial charge in [-0.15, -0.1) is 0 Å². The molecule has 0 N–H and O–H groups in total. The van der Waals surface area contributed by atoms with Crippen LogP contribution in [0.2, 0.25) is 0 Å². The van der Waals surface area contributed by atoms with Crippen molar-refractivity contribution in [3.63, 3.8) is 0 Å². The van der Waals surface area contributed by atoms with Gasteiger partial charge in [0.1, 0.15) is 24.6 Å². The molecule has 2 rings (SSSR count). The fraction of sp³-hybridized carbons (Fsp3) is 0.235. The van der Waals surface area contributed by atoms with Crippen LogP contribution in [0, 0.1) is 0 Å². The molecule has 0 fully saturated rings. The van der Waals surface area contributed by atoms with Crippen LogP contribution in [0.3, 0.4) is 0 Å². The second-order valence-corrected chi connectivity index (χ2v) is 4.56. The molecule has 0 saturated heterocycles. The van der Waals surface area contributed by atoms with Crippen LogP contribution in [0.1, 0.15) is 12.5 Å². The topological polar surface area (TPSA) is 55.8 Å². The Labute approximate surface area is 129 Å². The first-order chi connectivity index (χ1) is 10.7. The Hall–Kier alpha value is -2.78. The molecule has 5 heteroatoms. The molecule has 0 radical (unpaired) electrons. The van der Waals surface area contributed by atoms with Gasteiger partial charge in [0.15, 0.2) is 5.94 Å². The smallest absolute Gasteiger partial charge is 0.325 e. The fourth-order valence-electron chi connectivity index (χ4n) is 1.91. The normalized spacial score (nSPS) is 13.4. The number of carbonyl (C=O) groups excluding carboxylic acids is 2. The molecular weight excluding hydrogens is 282 g/mol. The third-order valence-corrected chi connectivity index (χ3v) is 2.96. The lowest BCUT2D eigenvalue weighted by Gasteiger charge is -2.22. The standard InChI is InChI=1S/C17H17NO4/c1-2-21-17(20)11-18-9-8-16(10-15(18)12-19)22-13-14-6-4-3-5-7-14/h3-10H,2,11,13H2,1H3. The molecule has 0 aliphatic carbocycles. The van der Waals surface area contributed by atoms with Crippen molar-refractivity contribution < 1.29 is 19.1 Å². The highest BCUT2D eigenvalue weighted by molar-refractivity contribution is 5.73. The Balaban J connectivity index is 1.96. The van der Waals surface area contributed by atoms with E-state index in [9.17, 15) is 9.59 Å². The third kappa shape index (κ3) is 4.36. The number of nitrogens with zero attached hydrogens (tertiary/aromatic N) is 1. The van der Waals surface area contributed by atoms with Crippen molar-refractivity contribution in [3.8, 4) is 0 Å². The minimum absolute atomic E-state index is 0.0304. The SMILES string of the molecule is CCOC(=O)CN1C=CC(OCc2ccccc2)=CC1=C=O. The van der Waals surface area contributed by atoms with E-state index in [0.717, 1.165) is 5.56 Å². The molecule has 1 heterocycles. The summed E-state index contributed by atoms with van der Waals surface area (Å²) >= 11 is 0. The van der Waals surface area contributed by atoms with Crippen molar-refractivity contribution in [1.82, 2.24) is 4.90 Å². The van der Waals surface area contributed by atoms with E-state index in [2.05, 4.69) is 0 Å². The Kier molecular flexibility index (Phi) is 5.57. The average Bonchev–Trinajstić information content (AvgIpc) is 2.55. The first kappa shape index (κ1) is 15.6. The van der Waals surface area contributed by atoms with Crippen molar-refractivity contribution in [2.45, 2.75) is 13.5 Å². The number of benzene rings is 1. The Morgan fingerprint density at radius 1 is 1.27 bits per heavy atom. The summed E-state index contributed by atoms with van der Waals surface area (Å²) in [6, 6.07) is 9.71. The zero-order valence-corrected chi connectivity index (χ0v) is 12.3. The van der Waals surface area contributed by atoms with Crippen molar-refractivity contribution in [2.24, 2.45) is 0 Å². The minimum atomic E-state index is -0.401. The second kappa shape index (κ2) is 7.86. The zero-order valence-electron chi connectivity index (χ0n) is 12.3.